The van der Waals surface area contributed by atoms with E-state index in [9.17, 15) is 4.79 Å². The van der Waals surface area contributed by atoms with Crippen molar-refractivity contribution < 1.29 is 4.79 Å². The van der Waals surface area contributed by atoms with E-state index in [4.69, 9.17) is 5.73 Å². The Balaban J connectivity index is 0.00000180. The summed E-state index contributed by atoms with van der Waals surface area (Å²) in [5.41, 5.74) is 6.71. The molecular weight excluding hydrogens is 260 g/mol. The summed E-state index contributed by atoms with van der Waals surface area (Å²) >= 11 is 0. The summed E-state index contributed by atoms with van der Waals surface area (Å²) in [6.07, 6.45) is 0. The molecule has 102 valence electrons. The lowest BCUT2D eigenvalue weighted by Gasteiger charge is -2.19. The summed E-state index contributed by atoms with van der Waals surface area (Å²) < 4.78 is 0. The first kappa shape index (κ1) is 15.5. The Morgan fingerprint density at radius 1 is 1.21 bits per heavy atom. The maximum Gasteiger partial charge on any atom is 0.239 e. The summed E-state index contributed by atoms with van der Waals surface area (Å²) in [5.74, 6) is -0.0387. The van der Waals surface area contributed by atoms with Crippen molar-refractivity contribution in [1.82, 2.24) is 4.90 Å². The van der Waals surface area contributed by atoms with Crippen LogP contribution in [-0.2, 0) is 11.3 Å². The number of carbonyl (C=O) groups is 1. The maximum atomic E-state index is 11.7. The molecule has 0 bridgehead atoms. The van der Waals surface area contributed by atoms with Crippen LogP contribution in [0.4, 0.5) is 0 Å². The minimum Gasteiger partial charge on any atom is -0.340 e. The third kappa shape index (κ3) is 3.69. The third-order valence-corrected chi connectivity index (χ3v) is 3.00. The van der Waals surface area contributed by atoms with Crippen molar-refractivity contribution in [3.8, 4) is 0 Å². The molecule has 4 heteroatoms. The van der Waals surface area contributed by atoms with Crippen LogP contribution in [0.5, 0.6) is 0 Å². The van der Waals surface area contributed by atoms with Crippen LogP contribution in [-0.4, -0.2) is 23.9 Å². The minimum atomic E-state index is -0.449. The van der Waals surface area contributed by atoms with Gasteiger partial charge in [0.05, 0.1) is 6.04 Å². The van der Waals surface area contributed by atoms with Gasteiger partial charge in [-0.3, -0.25) is 4.79 Å². The number of fused-ring (bicyclic) bond motifs is 1. The van der Waals surface area contributed by atoms with E-state index in [1.54, 1.807) is 18.9 Å². The number of halogens is 1. The third-order valence-electron chi connectivity index (χ3n) is 3.00. The standard InChI is InChI=1S/C15H18N2O.ClH/c1-11(16)15(18)17(2)10-12-7-8-13-5-3-4-6-14(13)9-12;/h3-9,11H,10,16H2,1-2H3;1H/t11-;/m0./s1. The van der Waals surface area contributed by atoms with Crippen LogP contribution >= 0.6 is 12.4 Å². The first-order valence-corrected chi connectivity index (χ1v) is 6.06. The first-order valence-electron chi connectivity index (χ1n) is 6.06. The van der Waals surface area contributed by atoms with E-state index in [1.807, 2.05) is 18.2 Å². The smallest absolute Gasteiger partial charge is 0.239 e. The fourth-order valence-corrected chi connectivity index (χ4v) is 2.04. The highest BCUT2D eigenvalue weighted by molar-refractivity contribution is 5.85. The zero-order valence-electron chi connectivity index (χ0n) is 11.2. The molecule has 19 heavy (non-hydrogen) atoms. The Labute approximate surface area is 119 Å². The van der Waals surface area contributed by atoms with E-state index in [1.165, 1.54) is 10.8 Å². The lowest BCUT2D eigenvalue weighted by Crippen LogP contribution is -2.39. The topological polar surface area (TPSA) is 46.3 Å². The van der Waals surface area contributed by atoms with Crippen LogP contribution in [0.15, 0.2) is 42.5 Å². The van der Waals surface area contributed by atoms with Crippen molar-refractivity contribution in [3.05, 3.63) is 48.0 Å². The SMILES string of the molecule is C[C@H](N)C(=O)N(C)Cc1ccc2ccccc2c1.Cl. The molecule has 2 rings (SSSR count). The molecule has 3 nitrogen and oxygen atoms in total. The Bertz CT molecular complexity index is 569. The number of nitrogens with zero attached hydrogens (tertiary/aromatic N) is 1. The average molecular weight is 279 g/mol. The highest BCUT2D eigenvalue weighted by Gasteiger charge is 2.13. The summed E-state index contributed by atoms with van der Waals surface area (Å²) in [5, 5.41) is 2.40. The second-order valence-corrected chi connectivity index (χ2v) is 4.66. The molecule has 0 aromatic heterocycles. The highest BCUT2D eigenvalue weighted by Crippen LogP contribution is 2.16. The maximum absolute atomic E-state index is 11.7. The number of likely N-dealkylation sites (N-methyl/N-ethyl adjacent to an activating group) is 1. The van der Waals surface area contributed by atoms with Gasteiger partial charge in [-0.2, -0.15) is 0 Å². The molecule has 0 heterocycles. The van der Waals surface area contributed by atoms with E-state index in [2.05, 4.69) is 24.3 Å². The van der Waals surface area contributed by atoms with Gasteiger partial charge in [0.2, 0.25) is 5.91 Å². The second kappa shape index (κ2) is 6.55. The van der Waals surface area contributed by atoms with Gasteiger partial charge < -0.3 is 10.6 Å². The van der Waals surface area contributed by atoms with Crippen LogP contribution in [0.25, 0.3) is 10.8 Å². The molecule has 1 amide bonds. The summed E-state index contributed by atoms with van der Waals surface area (Å²) in [4.78, 5) is 13.4. The van der Waals surface area contributed by atoms with Gasteiger partial charge in [0.15, 0.2) is 0 Å². The molecule has 0 unspecified atom stereocenters. The lowest BCUT2D eigenvalue weighted by molar-refractivity contribution is -0.131. The van der Waals surface area contributed by atoms with Crippen LogP contribution in [0.2, 0.25) is 0 Å². The normalized spacial score (nSPS) is 11.7. The van der Waals surface area contributed by atoms with E-state index in [0.717, 1.165) is 5.56 Å². The molecule has 1 atom stereocenters. The van der Waals surface area contributed by atoms with Crippen molar-refractivity contribution in [2.24, 2.45) is 5.73 Å². The van der Waals surface area contributed by atoms with E-state index < -0.39 is 6.04 Å². The quantitative estimate of drug-likeness (QED) is 0.938. The van der Waals surface area contributed by atoms with Crippen molar-refractivity contribution >= 4 is 29.1 Å². The monoisotopic (exact) mass is 278 g/mol. The molecule has 2 aromatic carbocycles. The Kier molecular flexibility index (Phi) is 5.33. The van der Waals surface area contributed by atoms with E-state index in [0.29, 0.717) is 6.54 Å². The molecule has 0 saturated carbocycles. The lowest BCUT2D eigenvalue weighted by atomic mass is 10.1. The zero-order valence-corrected chi connectivity index (χ0v) is 12.0. The van der Waals surface area contributed by atoms with Gasteiger partial charge in [0, 0.05) is 13.6 Å². The summed E-state index contributed by atoms with van der Waals surface area (Å²) in [6.45, 7) is 2.30. The highest BCUT2D eigenvalue weighted by atomic mass is 35.5. The molecule has 0 spiro atoms. The fraction of sp³-hybridized carbons (Fsp3) is 0.267. The molecule has 2 N–H and O–H groups in total. The van der Waals surface area contributed by atoms with Gasteiger partial charge in [0.25, 0.3) is 0 Å². The molecule has 0 aliphatic heterocycles. The van der Waals surface area contributed by atoms with Gasteiger partial charge in [-0.25, -0.2) is 0 Å². The summed E-state index contributed by atoms with van der Waals surface area (Å²) in [6, 6.07) is 14.0. The van der Waals surface area contributed by atoms with Crippen molar-refractivity contribution in [3.63, 3.8) is 0 Å². The minimum absolute atomic E-state index is 0. The second-order valence-electron chi connectivity index (χ2n) is 4.66. The van der Waals surface area contributed by atoms with E-state index >= 15 is 0 Å². The number of hydrogen-bond donors (Lipinski definition) is 1. The van der Waals surface area contributed by atoms with Crippen LogP contribution in [0, 0.1) is 0 Å². The largest absolute Gasteiger partial charge is 0.340 e. The van der Waals surface area contributed by atoms with Gasteiger partial charge in [-0.1, -0.05) is 36.4 Å². The average Bonchev–Trinajstić information content (AvgIpc) is 2.37. The Morgan fingerprint density at radius 2 is 1.84 bits per heavy atom. The number of nitrogens with two attached hydrogens (primary N) is 1. The first-order chi connectivity index (χ1) is 8.58. The van der Waals surface area contributed by atoms with Crippen LogP contribution < -0.4 is 5.73 Å². The molecule has 0 aliphatic carbocycles. The summed E-state index contributed by atoms with van der Waals surface area (Å²) in [7, 11) is 1.78. The van der Waals surface area contributed by atoms with Gasteiger partial charge in [0.1, 0.15) is 0 Å². The van der Waals surface area contributed by atoms with Gasteiger partial charge in [-0.15, -0.1) is 12.4 Å². The van der Waals surface area contributed by atoms with Crippen molar-refractivity contribution in [1.29, 1.82) is 0 Å². The molecule has 0 saturated heterocycles. The molecule has 0 radical (unpaired) electrons. The number of carbonyl (C=O) groups excluding carboxylic acids is 1. The Hall–Kier alpha value is -1.58. The molecule has 0 fully saturated rings. The number of hydrogen-bond acceptors (Lipinski definition) is 2. The number of rotatable bonds is 3. The van der Waals surface area contributed by atoms with Gasteiger partial charge >= 0.3 is 0 Å². The van der Waals surface area contributed by atoms with Crippen LogP contribution in [0.3, 0.4) is 0 Å². The van der Waals surface area contributed by atoms with E-state index in [-0.39, 0.29) is 18.3 Å². The molecule has 2 aromatic rings. The van der Waals surface area contributed by atoms with Gasteiger partial charge in [-0.05, 0) is 29.3 Å². The molecule has 0 aliphatic rings. The van der Waals surface area contributed by atoms with Crippen molar-refractivity contribution in [2.75, 3.05) is 7.05 Å². The predicted molar refractivity (Wildman–Crippen MR) is 81.3 cm³/mol. The van der Waals surface area contributed by atoms with Crippen LogP contribution in [0.1, 0.15) is 12.5 Å². The van der Waals surface area contributed by atoms with Crippen molar-refractivity contribution in [2.45, 2.75) is 19.5 Å². The number of amides is 1. The zero-order chi connectivity index (χ0) is 13.1. The fourth-order valence-electron chi connectivity index (χ4n) is 2.04. The molecular formula is C15H19ClN2O. The Morgan fingerprint density at radius 3 is 2.47 bits per heavy atom. The number of benzene rings is 2. The predicted octanol–water partition coefficient (Wildman–Crippen LogP) is 2.57.